The van der Waals surface area contributed by atoms with E-state index in [1.807, 2.05) is 0 Å². The van der Waals surface area contributed by atoms with Crippen LogP contribution in [0.15, 0.2) is 48.7 Å². The average molecular weight is 379 g/mol. The maximum atomic E-state index is 13.8. The van der Waals surface area contributed by atoms with Crippen molar-refractivity contribution >= 4 is 5.91 Å². The van der Waals surface area contributed by atoms with Crippen molar-refractivity contribution in [2.45, 2.75) is 6.04 Å². The molecule has 0 aliphatic carbocycles. The summed E-state index contributed by atoms with van der Waals surface area (Å²) in [7, 11) is 0. The molecule has 0 aliphatic rings. The Morgan fingerprint density at radius 2 is 1.74 bits per heavy atom. The number of aliphatic hydroxyl groups excluding tert-OH is 1. The van der Waals surface area contributed by atoms with Gasteiger partial charge in [0, 0.05) is 6.20 Å². The van der Waals surface area contributed by atoms with Crippen molar-refractivity contribution in [1.82, 2.24) is 15.1 Å². The maximum absolute atomic E-state index is 13.8. The predicted molar refractivity (Wildman–Crippen MR) is 87.1 cm³/mol. The number of carbonyl (C=O) groups excluding carboxylic acids is 1. The number of rotatable bonds is 5. The Balaban J connectivity index is 1.81. The number of para-hydroxylation sites is 1. The molecule has 3 rings (SSSR count). The molecule has 3 aromatic rings. The lowest BCUT2D eigenvalue weighted by molar-refractivity contribution is 0.0910. The van der Waals surface area contributed by atoms with Gasteiger partial charge in [-0.25, -0.2) is 22.2 Å². The Morgan fingerprint density at radius 1 is 1.07 bits per heavy atom. The van der Waals surface area contributed by atoms with Gasteiger partial charge in [-0.2, -0.15) is 5.10 Å². The summed E-state index contributed by atoms with van der Waals surface area (Å²) in [6.07, 6.45) is 1.36. The number of nitrogens with zero attached hydrogens (tertiary/aromatic N) is 2. The summed E-state index contributed by atoms with van der Waals surface area (Å²) in [5, 5.41) is 15.7. The van der Waals surface area contributed by atoms with E-state index in [9.17, 15) is 27.5 Å². The molecule has 140 valence electrons. The van der Waals surface area contributed by atoms with Crippen molar-refractivity contribution in [1.29, 1.82) is 0 Å². The summed E-state index contributed by atoms with van der Waals surface area (Å²) in [5.74, 6) is -5.85. The number of hydrogen-bond acceptors (Lipinski definition) is 3. The number of benzene rings is 2. The van der Waals surface area contributed by atoms with Crippen molar-refractivity contribution in [2.75, 3.05) is 6.61 Å². The first-order valence-electron chi connectivity index (χ1n) is 7.77. The Morgan fingerprint density at radius 3 is 2.37 bits per heavy atom. The molecule has 0 spiro atoms. The molecule has 1 atom stereocenters. The minimum atomic E-state index is -1.65. The lowest BCUT2D eigenvalue weighted by Gasteiger charge is -2.16. The molecule has 0 saturated heterocycles. The third kappa shape index (κ3) is 3.82. The minimum Gasteiger partial charge on any atom is -0.394 e. The quantitative estimate of drug-likeness (QED) is 0.529. The van der Waals surface area contributed by atoms with Crippen LogP contribution in [-0.4, -0.2) is 27.4 Å². The average Bonchev–Trinajstić information content (AvgIpc) is 3.14. The fraction of sp³-hybridized carbons (Fsp3) is 0.111. The van der Waals surface area contributed by atoms with Gasteiger partial charge < -0.3 is 10.4 Å². The summed E-state index contributed by atoms with van der Waals surface area (Å²) >= 11 is 0. The van der Waals surface area contributed by atoms with Crippen molar-refractivity contribution in [3.8, 4) is 5.69 Å². The predicted octanol–water partition coefficient (Wildman–Crippen LogP) is 2.89. The van der Waals surface area contributed by atoms with Gasteiger partial charge >= 0.3 is 0 Å². The molecule has 1 amide bonds. The van der Waals surface area contributed by atoms with Crippen molar-refractivity contribution in [3.63, 3.8) is 0 Å². The Bertz CT molecular complexity index is 967. The third-order valence-electron chi connectivity index (χ3n) is 3.82. The molecule has 2 aromatic carbocycles. The highest BCUT2D eigenvalue weighted by atomic mass is 19.2. The fourth-order valence-electron chi connectivity index (χ4n) is 2.46. The molecule has 5 nitrogen and oxygen atoms in total. The van der Waals surface area contributed by atoms with E-state index in [1.54, 1.807) is 6.07 Å². The van der Waals surface area contributed by atoms with Gasteiger partial charge in [0.1, 0.15) is 11.5 Å². The number of aliphatic hydroxyl groups is 1. The topological polar surface area (TPSA) is 67.2 Å². The second-order valence-corrected chi connectivity index (χ2v) is 5.60. The number of amides is 1. The lowest BCUT2D eigenvalue weighted by Crippen LogP contribution is -2.31. The van der Waals surface area contributed by atoms with Crippen molar-refractivity contribution in [2.24, 2.45) is 0 Å². The van der Waals surface area contributed by atoms with Gasteiger partial charge in [-0.05, 0) is 35.9 Å². The van der Waals surface area contributed by atoms with E-state index in [0.29, 0.717) is 12.1 Å². The van der Waals surface area contributed by atoms with Crippen LogP contribution in [0.25, 0.3) is 5.69 Å². The van der Waals surface area contributed by atoms with Gasteiger partial charge in [0.2, 0.25) is 0 Å². The first kappa shape index (κ1) is 18.6. The van der Waals surface area contributed by atoms with Crippen LogP contribution in [0.4, 0.5) is 17.6 Å². The minimum absolute atomic E-state index is 0.111. The summed E-state index contributed by atoms with van der Waals surface area (Å²) < 4.78 is 54.7. The van der Waals surface area contributed by atoms with Crippen LogP contribution < -0.4 is 5.32 Å². The molecule has 1 heterocycles. The van der Waals surface area contributed by atoms with Crippen LogP contribution in [0, 0.1) is 23.3 Å². The second-order valence-electron chi connectivity index (χ2n) is 5.60. The van der Waals surface area contributed by atoms with Crippen LogP contribution >= 0.6 is 0 Å². The van der Waals surface area contributed by atoms with Crippen LogP contribution in [0.3, 0.4) is 0 Å². The molecule has 0 saturated carbocycles. The molecule has 1 unspecified atom stereocenters. The van der Waals surface area contributed by atoms with E-state index in [4.69, 9.17) is 0 Å². The summed E-state index contributed by atoms with van der Waals surface area (Å²) in [5.41, 5.74) is -0.145. The van der Waals surface area contributed by atoms with E-state index in [2.05, 4.69) is 10.4 Å². The molecular formula is C18H13F4N3O2. The largest absolute Gasteiger partial charge is 0.394 e. The summed E-state index contributed by atoms with van der Waals surface area (Å²) in [6.45, 7) is -0.690. The number of hydrogen-bond donors (Lipinski definition) is 2. The SMILES string of the molecule is O=C(NC(CO)c1cc(F)c(F)c(F)c1)c1ccn(-c2ccccc2F)n1. The Hall–Kier alpha value is -3.20. The zero-order valence-corrected chi connectivity index (χ0v) is 13.7. The van der Waals surface area contributed by atoms with Gasteiger partial charge in [-0.1, -0.05) is 12.1 Å². The second kappa shape index (κ2) is 7.58. The molecule has 0 fully saturated rings. The highest BCUT2D eigenvalue weighted by Crippen LogP contribution is 2.20. The van der Waals surface area contributed by atoms with Gasteiger partial charge in [-0.15, -0.1) is 0 Å². The van der Waals surface area contributed by atoms with Crippen LogP contribution in [0.5, 0.6) is 0 Å². The lowest BCUT2D eigenvalue weighted by atomic mass is 10.1. The monoisotopic (exact) mass is 379 g/mol. The number of carbonyl (C=O) groups is 1. The standard InChI is InChI=1S/C18H13F4N3O2/c19-11-3-1-2-4-16(11)25-6-5-14(24-25)18(27)23-15(9-26)10-7-12(20)17(22)13(21)8-10/h1-8,15,26H,9H2,(H,23,27). The van der Waals surface area contributed by atoms with Crippen LogP contribution in [0.2, 0.25) is 0 Å². The van der Waals surface area contributed by atoms with E-state index in [1.165, 1.54) is 30.5 Å². The molecule has 0 bridgehead atoms. The highest BCUT2D eigenvalue weighted by Gasteiger charge is 2.21. The Kier molecular flexibility index (Phi) is 5.22. The van der Waals surface area contributed by atoms with E-state index in [-0.39, 0.29) is 16.9 Å². The van der Waals surface area contributed by atoms with Crippen molar-refractivity contribution in [3.05, 3.63) is 83.2 Å². The number of halogens is 4. The maximum Gasteiger partial charge on any atom is 0.272 e. The van der Waals surface area contributed by atoms with Gasteiger partial charge in [0.25, 0.3) is 5.91 Å². The van der Waals surface area contributed by atoms with Crippen LogP contribution in [0.1, 0.15) is 22.1 Å². The Labute approximate surface area is 150 Å². The molecule has 0 radical (unpaired) electrons. The van der Waals surface area contributed by atoms with Crippen molar-refractivity contribution < 1.29 is 27.5 Å². The molecule has 0 aliphatic heterocycles. The molecule has 2 N–H and O–H groups in total. The smallest absolute Gasteiger partial charge is 0.272 e. The number of aromatic nitrogens is 2. The van der Waals surface area contributed by atoms with Gasteiger partial charge in [0.15, 0.2) is 23.1 Å². The highest BCUT2D eigenvalue weighted by molar-refractivity contribution is 5.92. The summed E-state index contributed by atoms with van der Waals surface area (Å²) in [4.78, 5) is 12.3. The first-order valence-corrected chi connectivity index (χ1v) is 7.77. The van der Waals surface area contributed by atoms with Gasteiger partial charge in [-0.3, -0.25) is 4.79 Å². The van der Waals surface area contributed by atoms with Crippen LogP contribution in [-0.2, 0) is 0 Å². The third-order valence-corrected chi connectivity index (χ3v) is 3.82. The first-order chi connectivity index (χ1) is 12.9. The number of nitrogens with one attached hydrogen (secondary N) is 1. The molecular weight excluding hydrogens is 366 g/mol. The zero-order valence-electron chi connectivity index (χ0n) is 13.7. The molecule has 9 heteroatoms. The molecule has 27 heavy (non-hydrogen) atoms. The molecule has 1 aromatic heterocycles. The normalized spacial score (nSPS) is 12.0. The fourth-order valence-corrected chi connectivity index (χ4v) is 2.46. The summed E-state index contributed by atoms with van der Waals surface area (Å²) in [6, 6.07) is 7.26. The van der Waals surface area contributed by atoms with Gasteiger partial charge in [0.05, 0.1) is 12.6 Å². The zero-order chi connectivity index (χ0) is 19.6. The van der Waals surface area contributed by atoms with E-state index < -0.39 is 41.8 Å². The van der Waals surface area contributed by atoms with E-state index >= 15 is 0 Å². The van der Waals surface area contributed by atoms with E-state index in [0.717, 1.165) is 4.68 Å².